The molecule has 0 saturated carbocycles. The highest BCUT2D eigenvalue weighted by Crippen LogP contribution is 2.37. The van der Waals surface area contributed by atoms with Crippen LogP contribution in [0, 0.1) is 5.92 Å². The monoisotopic (exact) mass is 373 g/mol. The number of hydrogen-bond donors (Lipinski definition) is 1. The Labute approximate surface area is 155 Å². The first-order chi connectivity index (χ1) is 12.6. The third kappa shape index (κ3) is 3.26. The minimum atomic E-state index is -0.828. The van der Waals surface area contributed by atoms with E-state index in [9.17, 15) is 14.7 Å². The molecule has 0 radical (unpaired) electrons. The number of carbonyl (C=O) groups excluding carboxylic acids is 1. The van der Waals surface area contributed by atoms with E-state index in [1.54, 1.807) is 4.90 Å². The van der Waals surface area contributed by atoms with E-state index in [1.807, 2.05) is 30.3 Å². The van der Waals surface area contributed by atoms with Crippen molar-refractivity contribution in [2.24, 2.45) is 5.92 Å². The van der Waals surface area contributed by atoms with Crippen LogP contribution >= 0.6 is 11.3 Å². The molecular weight excluding hydrogens is 354 g/mol. The number of ether oxygens (including phenoxy) is 2. The molecule has 6 nitrogen and oxygen atoms in total. The Hall–Kier alpha value is -2.54. The smallest absolute Gasteiger partial charge is 0.308 e. The van der Waals surface area contributed by atoms with Gasteiger partial charge in [0.2, 0.25) is 0 Å². The number of likely N-dealkylation sites (tertiary alicyclic amines) is 1. The summed E-state index contributed by atoms with van der Waals surface area (Å²) in [7, 11) is 0. The number of carboxylic acid groups (broad SMARTS) is 1. The van der Waals surface area contributed by atoms with Crippen LogP contribution < -0.4 is 9.47 Å². The van der Waals surface area contributed by atoms with Crippen LogP contribution in [0.2, 0.25) is 0 Å². The molecule has 1 fully saturated rings. The highest BCUT2D eigenvalue weighted by atomic mass is 32.1. The second kappa shape index (κ2) is 6.99. The van der Waals surface area contributed by atoms with Gasteiger partial charge in [0, 0.05) is 18.0 Å². The van der Waals surface area contributed by atoms with E-state index >= 15 is 0 Å². The molecule has 0 unspecified atom stereocenters. The van der Waals surface area contributed by atoms with Crippen molar-refractivity contribution < 1.29 is 24.2 Å². The van der Waals surface area contributed by atoms with Gasteiger partial charge in [0.05, 0.1) is 10.8 Å². The van der Waals surface area contributed by atoms with Gasteiger partial charge in [-0.05, 0) is 48.7 Å². The predicted octanol–water partition coefficient (Wildman–Crippen LogP) is 3.12. The molecule has 1 amide bonds. The summed E-state index contributed by atoms with van der Waals surface area (Å²) >= 11 is 1.41. The zero-order chi connectivity index (χ0) is 18.1. The number of carboxylic acids is 1. The summed E-state index contributed by atoms with van der Waals surface area (Å²) in [5.74, 6) is 0.0663. The van der Waals surface area contributed by atoms with Gasteiger partial charge in [0.25, 0.3) is 5.91 Å². The molecule has 1 atom stereocenters. The molecule has 1 aromatic heterocycles. The molecule has 1 aromatic carbocycles. The van der Waals surface area contributed by atoms with Gasteiger partial charge in [0.15, 0.2) is 11.5 Å². The molecule has 0 aliphatic carbocycles. The largest absolute Gasteiger partial charge is 0.486 e. The van der Waals surface area contributed by atoms with E-state index in [2.05, 4.69) is 0 Å². The van der Waals surface area contributed by atoms with Gasteiger partial charge >= 0.3 is 5.97 Å². The van der Waals surface area contributed by atoms with Crippen molar-refractivity contribution in [3.8, 4) is 21.9 Å². The maximum absolute atomic E-state index is 12.7. The molecule has 7 heteroatoms. The zero-order valence-corrected chi connectivity index (χ0v) is 15.0. The number of rotatable bonds is 3. The summed E-state index contributed by atoms with van der Waals surface area (Å²) in [5, 5.41) is 9.20. The Morgan fingerprint density at radius 3 is 2.73 bits per heavy atom. The first kappa shape index (κ1) is 16.9. The summed E-state index contributed by atoms with van der Waals surface area (Å²) in [6, 6.07) is 9.49. The minimum absolute atomic E-state index is 0.0928. The highest BCUT2D eigenvalue weighted by molar-refractivity contribution is 7.17. The number of piperidine rings is 1. The van der Waals surface area contributed by atoms with E-state index in [-0.39, 0.29) is 12.5 Å². The molecule has 3 heterocycles. The van der Waals surface area contributed by atoms with Crippen LogP contribution in [0.15, 0.2) is 30.3 Å². The van der Waals surface area contributed by atoms with Gasteiger partial charge in [0.1, 0.15) is 13.2 Å². The van der Waals surface area contributed by atoms with Gasteiger partial charge in [-0.2, -0.15) is 0 Å². The number of aliphatic carboxylic acids is 1. The van der Waals surface area contributed by atoms with Crippen LogP contribution in [-0.4, -0.2) is 48.2 Å². The van der Waals surface area contributed by atoms with E-state index in [0.29, 0.717) is 31.1 Å². The van der Waals surface area contributed by atoms with Crippen LogP contribution in [0.3, 0.4) is 0 Å². The van der Waals surface area contributed by atoms with Crippen LogP contribution in [0.1, 0.15) is 22.5 Å². The van der Waals surface area contributed by atoms with E-state index in [4.69, 9.17) is 9.47 Å². The predicted molar refractivity (Wildman–Crippen MR) is 97.0 cm³/mol. The van der Waals surface area contributed by atoms with Crippen molar-refractivity contribution in [2.75, 3.05) is 26.3 Å². The molecule has 26 heavy (non-hydrogen) atoms. The number of hydrogen-bond acceptors (Lipinski definition) is 5. The molecule has 136 valence electrons. The molecule has 2 aliphatic rings. The first-order valence-corrected chi connectivity index (χ1v) is 9.45. The maximum Gasteiger partial charge on any atom is 0.308 e. The summed E-state index contributed by atoms with van der Waals surface area (Å²) in [6.45, 7) is 1.98. The normalized spacial score (nSPS) is 19.2. The van der Waals surface area contributed by atoms with Crippen molar-refractivity contribution in [1.29, 1.82) is 0 Å². The second-order valence-corrected chi connectivity index (χ2v) is 7.53. The summed E-state index contributed by atoms with van der Waals surface area (Å²) in [5.41, 5.74) is 0.973. The fourth-order valence-corrected chi connectivity index (χ4v) is 4.29. The highest BCUT2D eigenvalue weighted by Gasteiger charge is 2.29. The Morgan fingerprint density at radius 2 is 1.92 bits per heavy atom. The number of carbonyl (C=O) groups is 2. The fourth-order valence-electron chi connectivity index (χ4n) is 3.32. The summed E-state index contributed by atoms with van der Waals surface area (Å²) in [6.07, 6.45) is 1.36. The quantitative estimate of drug-likeness (QED) is 0.895. The van der Waals surface area contributed by atoms with Crippen LogP contribution in [-0.2, 0) is 4.79 Å². The van der Waals surface area contributed by atoms with Gasteiger partial charge < -0.3 is 19.5 Å². The standard InChI is InChI=1S/C19H19NO5S/c21-18(20-7-1-2-13(11-20)19(22)23)17-6-5-16(26-17)12-3-4-14-15(10-12)25-9-8-24-14/h3-6,10,13H,1-2,7-9,11H2,(H,22,23)/t13-/m1/s1. The zero-order valence-electron chi connectivity index (χ0n) is 14.1. The van der Waals surface area contributed by atoms with Gasteiger partial charge in [-0.15, -0.1) is 11.3 Å². The van der Waals surface area contributed by atoms with Gasteiger partial charge in [-0.25, -0.2) is 0 Å². The number of nitrogens with zero attached hydrogens (tertiary/aromatic N) is 1. The van der Waals surface area contributed by atoms with Crippen molar-refractivity contribution in [2.45, 2.75) is 12.8 Å². The Kier molecular flexibility index (Phi) is 4.55. The summed E-state index contributed by atoms with van der Waals surface area (Å²) < 4.78 is 11.2. The first-order valence-electron chi connectivity index (χ1n) is 8.64. The van der Waals surface area contributed by atoms with E-state index in [0.717, 1.165) is 28.4 Å². The number of thiophene rings is 1. The SMILES string of the molecule is O=C(O)[C@@H]1CCCN(C(=O)c2ccc(-c3ccc4c(c3)OCCO4)s2)C1. The maximum atomic E-state index is 12.7. The van der Waals surface area contributed by atoms with Gasteiger partial charge in [-0.3, -0.25) is 9.59 Å². The minimum Gasteiger partial charge on any atom is -0.486 e. The average molecular weight is 373 g/mol. The topological polar surface area (TPSA) is 76.1 Å². The molecule has 1 N–H and O–H groups in total. The van der Waals surface area contributed by atoms with Crippen LogP contribution in [0.4, 0.5) is 0 Å². The van der Waals surface area contributed by atoms with Gasteiger partial charge in [-0.1, -0.05) is 0 Å². The average Bonchev–Trinajstić information content (AvgIpc) is 3.17. The van der Waals surface area contributed by atoms with E-state index < -0.39 is 11.9 Å². The molecule has 4 rings (SSSR count). The Morgan fingerprint density at radius 1 is 1.12 bits per heavy atom. The lowest BCUT2D eigenvalue weighted by Gasteiger charge is -2.30. The van der Waals surface area contributed by atoms with Crippen LogP contribution in [0.25, 0.3) is 10.4 Å². The molecular formula is C19H19NO5S. The van der Waals surface area contributed by atoms with Crippen molar-refractivity contribution >= 4 is 23.2 Å². The third-order valence-corrected chi connectivity index (χ3v) is 5.82. The Bertz CT molecular complexity index is 846. The van der Waals surface area contributed by atoms with Crippen molar-refractivity contribution in [3.05, 3.63) is 35.2 Å². The number of fused-ring (bicyclic) bond motifs is 1. The lowest BCUT2D eigenvalue weighted by Crippen LogP contribution is -2.42. The molecule has 2 aromatic rings. The summed E-state index contributed by atoms with van der Waals surface area (Å²) in [4.78, 5) is 27.2. The van der Waals surface area contributed by atoms with Crippen LogP contribution in [0.5, 0.6) is 11.5 Å². The number of amides is 1. The second-order valence-electron chi connectivity index (χ2n) is 6.45. The van der Waals surface area contributed by atoms with E-state index in [1.165, 1.54) is 11.3 Å². The molecule has 1 saturated heterocycles. The molecule has 0 bridgehead atoms. The van der Waals surface area contributed by atoms with Crippen molar-refractivity contribution in [1.82, 2.24) is 4.90 Å². The molecule has 2 aliphatic heterocycles. The Balaban J connectivity index is 1.52. The third-order valence-electron chi connectivity index (χ3n) is 4.70. The fraction of sp³-hybridized carbons (Fsp3) is 0.368. The number of benzene rings is 1. The van der Waals surface area contributed by atoms with Crippen molar-refractivity contribution in [3.63, 3.8) is 0 Å². The molecule has 0 spiro atoms. The lowest BCUT2D eigenvalue weighted by molar-refractivity contribution is -0.143. The lowest BCUT2D eigenvalue weighted by atomic mass is 9.98.